The van der Waals surface area contributed by atoms with Gasteiger partial charge in [-0.1, -0.05) is 23.1 Å². The molecule has 0 aromatic carbocycles. The summed E-state index contributed by atoms with van der Waals surface area (Å²) in [6.07, 6.45) is 1.62. The molecule has 0 aliphatic heterocycles. The maximum atomic E-state index is 10.6. The van der Waals surface area contributed by atoms with Gasteiger partial charge >= 0.3 is 5.97 Å². The Morgan fingerprint density at radius 2 is 2.41 bits per heavy atom. The average molecular weight is 334 g/mol. The van der Waals surface area contributed by atoms with Crippen molar-refractivity contribution in [3.8, 4) is 0 Å². The molecule has 0 aliphatic rings. The van der Waals surface area contributed by atoms with E-state index in [4.69, 9.17) is 4.74 Å². The van der Waals surface area contributed by atoms with Crippen LogP contribution in [0.5, 0.6) is 0 Å². The van der Waals surface area contributed by atoms with Crippen LogP contribution in [0.4, 0.5) is 0 Å². The first-order chi connectivity index (χ1) is 8.15. The fourth-order valence-corrected chi connectivity index (χ4v) is 3.30. The maximum absolute atomic E-state index is 10.6. The first kappa shape index (κ1) is 12.7. The summed E-state index contributed by atoms with van der Waals surface area (Å²) in [6, 6.07) is 0. The zero-order valence-electron chi connectivity index (χ0n) is 8.84. The molecule has 0 saturated heterocycles. The first-order valence-corrected chi connectivity index (χ1v) is 7.30. The fraction of sp³-hybridized carbons (Fsp3) is 0.333. The number of rotatable bonds is 4. The Bertz CT molecular complexity index is 546. The minimum Gasteiger partial charge on any atom is -0.465 e. The molecule has 2 aromatic heterocycles. The van der Waals surface area contributed by atoms with Gasteiger partial charge in [0.05, 0.1) is 6.20 Å². The fourth-order valence-electron chi connectivity index (χ4n) is 1.06. The van der Waals surface area contributed by atoms with E-state index in [2.05, 4.69) is 30.9 Å². The van der Waals surface area contributed by atoms with Crippen molar-refractivity contribution in [2.24, 2.45) is 0 Å². The smallest absolute Gasteiger partial charge is 0.302 e. The summed E-state index contributed by atoms with van der Waals surface area (Å²) < 4.78 is 6.41. The van der Waals surface area contributed by atoms with Gasteiger partial charge in [0.25, 0.3) is 0 Å². The second kappa shape index (κ2) is 5.74. The van der Waals surface area contributed by atoms with Crippen molar-refractivity contribution in [2.45, 2.75) is 11.3 Å². The molecule has 17 heavy (non-hydrogen) atoms. The van der Waals surface area contributed by atoms with Crippen molar-refractivity contribution in [3.05, 3.63) is 10.8 Å². The van der Waals surface area contributed by atoms with E-state index >= 15 is 0 Å². The molecule has 2 aromatic rings. The van der Waals surface area contributed by atoms with Crippen molar-refractivity contribution in [1.29, 1.82) is 0 Å². The van der Waals surface area contributed by atoms with Gasteiger partial charge in [-0.2, -0.15) is 0 Å². The number of esters is 1. The Balaban J connectivity index is 1.97. The molecule has 0 radical (unpaired) electrons. The number of hydrogen-bond acceptors (Lipinski definition) is 7. The molecule has 0 fully saturated rings. The molecule has 2 heterocycles. The molecular weight excluding hydrogens is 326 g/mol. The summed E-state index contributed by atoms with van der Waals surface area (Å²) in [5.41, 5.74) is 0.646. The highest BCUT2D eigenvalue weighted by Gasteiger charge is 2.07. The average Bonchev–Trinajstić information content (AvgIpc) is 2.66. The van der Waals surface area contributed by atoms with Crippen LogP contribution in [-0.4, -0.2) is 33.3 Å². The zero-order valence-corrected chi connectivity index (χ0v) is 12.1. The summed E-state index contributed by atoms with van der Waals surface area (Å²) in [5, 5.41) is 0. The van der Waals surface area contributed by atoms with E-state index in [9.17, 15) is 4.79 Å². The van der Waals surface area contributed by atoms with Crippen LogP contribution in [0.2, 0.25) is 0 Å². The lowest BCUT2D eigenvalue weighted by atomic mass is 10.7. The predicted octanol–water partition coefficient (Wildman–Crippen LogP) is 2.50. The van der Waals surface area contributed by atoms with Crippen LogP contribution in [0.3, 0.4) is 0 Å². The molecule has 90 valence electrons. The molecule has 0 N–H and O–H groups in total. The van der Waals surface area contributed by atoms with Gasteiger partial charge in [-0.3, -0.25) is 4.79 Å². The van der Waals surface area contributed by atoms with Crippen LogP contribution in [0.1, 0.15) is 6.92 Å². The van der Waals surface area contributed by atoms with E-state index < -0.39 is 0 Å². The van der Waals surface area contributed by atoms with Gasteiger partial charge in [0.2, 0.25) is 0 Å². The summed E-state index contributed by atoms with van der Waals surface area (Å²) in [7, 11) is 0. The topological polar surface area (TPSA) is 65.0 Å². The second-order valence-electron chi connectivity index (χ2n) is 2.99. The van der Waals surface area contributed by atoms with Gasteiger partial charge in [-0.25, -0.2) is 15.0 Å². The third-order valence-electron chi connectivity index (χ3n) is 1.69. The molecule has 0 bridgehead atoms. The lowest BCUT2D eigenvalue weighted by Gasteiger charge is -1.98. The lowest BCUT2D eigenvalue weighted by Crippen LogP contribution is -2.02. The van der Waals surface area contributed by atoms with Crippen LogP contribution in [0.15, 0.2) is 15.1 Å². The van der Waals surface area contributed by atoms with E-state index in [0.717, 1.165) is 9.17 Å². The summed E-state index contributed by atoms with van der Waals surface area (Å²) >= 11 is 6.27. The number of nitrogens with zero attached hydrogens (tertiary/aromatic N) is 3. The molecule has 0 aliphatic carbocycles. The van der Waals surface area contributed by atoms with Crippen molar-refractivity contribution in [2.75, 3.05) is 12.4 Å². The highest BCUT2D eigenvalue weighted by atomic mass is 79.9. The molecule has 0 saturated carbocycles. The Labute approximate surface area is 114 Å². The molecule has 2 rings (SSSR count). The molecule has 5 nitrogen and oxygen atoms in total. The summed E-state index contributed by atoms with van der Waals surface area (Å²) in [5.74, 6) is 0.419. The normalized spacial score (nSPS) is 10.7. The number of carbonyl (C=O) groups excluding carboxylic acids is 1. The quantitative estimate of drug-likeness (QED) is 0.486. The second-order valence-corrected chi connectivity index (χ2v) is 6.12. The third-order valence-corrected chi connectivity index (χ3v) is 4.12. The lowest BCUT2D eigenvalue weighted by molar-refractivity contribution is -0.140. The minimum absolute atomic E-state index is 0.262. The number of carbonyl (C=O) groups is 1. The Hall–Kier alpha value is -0.730. The SMILES string of the molecule is CC(=O)OCCSc1nc2ncc(Br)nc2s1. The van der Waals surface area contributed by atoms with E-state index in [1.807, 2.05) is 0 Å². The van der Waals surface area contributed by atoms with Gasteiger partial charge in [0.1, 0.15) is 11.2 Å². The number of thioether (sulfide) groups is 1. The van der Waals surface area contributed by atoms with Gasteiger partial charge < -0.3 is 4.74 Å². The van der Waals surface area contributed by atoms with Gasteiger partial charge in [-0.05, 0) is 15.9 Å². The van der Waals surface area contributed by atoms with E-state index in [-0.39, 0.29) is 5.97 Å². The van der Waals surface area contributed by atoms with Gasteiger partial charge in [0, 0.05) is 12.7 Å². The molecule has 0 amide bonds. The van der Waals surface area contributed by atoms with Crippen molar-refractivity contribution >= 4 is 55.5 Å². The zero-order chi connectivity index (χ0) is 12.3. The Morgan fingerprint density at radius 1 is 1.59 bits per heavy atom. The predicted molar refractivity (Wildman–Crippen MR) is 70.3 cm³/mol. The number of thiazole rings is 1. The van der Waals surface area contributed by atoms with Crippen molar-refractivity contribution in [3.63, 3.8) is 0 Å². The summed E-state index contributed by atoms with van der Waals surface area (Å²) in [6.45, 7) is 1.79. The Morgan fingerprint density at radius 3 is 3.18 bits per heavy atom. The largest absolute Gasteiger partial charge is 0.465 e. The first-order valence-electron chi connectivity index (χ1n) is 4.70. The monoisotopic (exact) mass is 333 g/mol. The van der Waals surface area contributed by atoms with Gasteiger partial charge in [-0.15, -0.1) is 0 Å². The third kappa shape index (κ3) is 3.62. The summed E-state index contributed by atoms with van der Waals surface area (Å²) in [4.78, 5) is 24.1. The van der Waals surface area contributed by atoms with E-state index in [0.29, 0.717) is 22.6 Å². The molecular formula is C9H8BrN3O2S2. The number of hydrogen-bond donors (Lipinski definition) is 0. The number of fused-ring (bicyclic) bond motifs is 1. The van der Waals surface area contributed by atoms with E-state index in [1.165, 1.54) is 30.0 Å². The van der Waals surface area contributed by atoms with Crippen molar-refractivity contribution in [1.82, 2.24) is 15.0 Å². The van der Waals surface area contributed by atoms with Crippen LogP contribution >= 0.6 is 39.0 Å². The molecule has 0 spiro atoms. The van der Waals surface area contributed by atoms with E-state index in [1.54, 1.807) is 6.20 Å². The number of aromatic nitrogens is 3. The standard InChI is InChI=1S/C9H8BrN3O2S2/c1-5(14)15-2-3-16-9-13-7-8(17-9)12-6(10)4-11-7/h4H,2-3H2,1H3. The maximum Gasteiger partial charge on any atom is 0.302 e. The van der Waals surface area contributed by atoms with Crippen LogP contribution in [0, 0.1) is 0 Å². The minimum atomic E-state index is -0.262. The Kier molecular flexibility index (Phi) is 4.30. The molecule has 0 atom stereocenters. The van der Waals surface area contributed by atoms with Gasteiger partial charge in [0.15, 0.2) is 14.8 Å². The molecule has 0 unspecified atom stereocenters. The number of halogens is 1. The number of ether oxygens (including phenoxy) is 1. The van der Waals surface area contributed by atoms with Crippen LogP contribution in [-0.2, 0) is 9.53 Å². The highest BCUT2D eigenvalue weighted by molar-refractivity contribution is 9.10. The highest BCUT2D eigenvalue weighted by Crippen LogP contribution is 2.27. The molecule has 8 heteroatoms. The van der Waals surface area contributed by atoms with Crippen molar-refractivity contribution < 1.29 is 9.53 Å². The van der Waals surface area contributed by atoms with Crippen LogP contribution in [0.25, 0.3) is 10.5 Å². The van der Waals surface area contributed by atoms with Crippen LogP contribution < -0.4 is 0 Å².